The Morgan fingerprint density at radius 3 is 2.52 bits per heavy atom. The maximum Gasteiger partial charge on any atom is 0.586 e. The van der Waals surface area contributed by atoms with Gasteiger partial charge in [0, 0.05) is 17.7 Å². The van der Waals surface area contributed by atoms with Gasteiger partial charge in [-0.2, -0.15) is 13.2 Å². The van der Waals surface area contributed by atoms with Crippen molar-refractivity contribution in [3.05, 3.63) is 47.5 Å². The topological polar surface area (TPSA) is 76.2 Å². The fraction of sp³-hybridized carbons (Fsp3) is 0.125. The Bertz CT molecular complexity index is 1020. The van der Waals surface area contributed by atoms with Crippen LogP contribution in [0.1, 0.15) is 15.9 Å². The Morgan fingerprint density at radius 2 is 1.81 bits per heavy atom. The van der Waals surface area contributed by atoms with Crippen LogP contribution < -0.4 is 14.8 Å². The molecule has 3 aromatic rings. The van der Waals surface area contributed by atoms with Crippen LogP contribution in [0.25, 0.3) is 11.0 Å². The number of nitrogens with one attached hydrogen (secondary N) is 2. The Labute approximate surface area is 146 Å². The maximum absolute atomic E-state index is 13.0. The zero-order chi connectivity index (χ0) is 19.4. The molecular formula is C16H8F5N3O3. The standard InChI is InChI=1S/C16H8F5N3O3/c17-15(18,19)8-3-1-2-7(4-8)13(25)24-14-22-9-5-11-12(6-10(9)23-14)27-16(20,21)26-11/h1-6H,(H2,22,23,24,25). The zero-order valence-electron chi connectivity index (χ0n) is 13.0. The number of fused-ring (bicyclic) bond motifs is 2. The highest BCUT2D eigenvalue weighted by molar-refractivity contribution is 6.04. The van der Waals surface area contributed by atoms with Crippen LogP contribution in [0.15, 0.2) is 36.4 Å². The summed E-state index contributed by atoms with van der Waals surface area (Å²) >= 11 is 0. The molecule has 0 radical (unpaired) electrons. The number of hydrogen-bond donors (Lipinski definition) is 2. The van der Waals surface area contributed by atoms with Gasteiger partial charge in [-0.15, -0.1) is 8.78 Å². The Balaban J connectivity index is 1.59. The lowest BCUT2D eigenvalue weighted by Gasteiger charge is -2.08. The van der Waals surface area contributed by atoms with Crippen LogP contribution in [0.4, 0.5) is 27.9 Å². The Kier molecular flexibility index (Phi) is 3.52. The average molecular weight is 385 g/mol. The maximum atomic E-state index is 13.0. The van der Waals surface area contributed by atoms with Crippen molar-refractivity contribution in [1.29, 1.82) is 0 Å². The molecule has 0 bridgehead atoms. The van der Waals surface area contributed by atoms with E-state index in [4.69, 9.17) is 0 Å². The molecule has 27 heavy (non-hydrogen) atoms. The Morgan fingerprint density at radius 1 is 1.11 bits per heavy atom. The van der Waals surface area contributed by atoms with Crippen molar-refractivity contribution in [1.82, 2.24) is 9.97 Å². The normalized spacial score (nSPS) is 15.1. The first kappa shape index (κ1) is 17.1. The third kappa shape index (κ3) is 3.23. The van der Waals surface area contributed by atoms with E-state index in [2.05, 4.69) is 24.8 Å². The Hall–Kier alpha value is -3.37. The zero-order valence-corrected chi connectivity index (χ0v) is 13.0. The van der Waals surface area contributed by atoms with E-state index in [1.54, 1.807) is 0 Å². The van der Waals surface area contributed by atoms with Gasteiger partial charge in [0.15, 0.2) is 11.5 Å². The molecule has 2 heterocycles. The number of H-pyrrole nitrogens is 1. The van der Waals surface area contributed by atoms with E-state index in [1.807, 2.05) is 0 Å². The number of imidazole rings is 1. The summed E-state index contributed by atoms with van der Waals surface area (Å²) in [6, 6.07) is 6.26. The molecule has 0 saturated heterocycles. The molecule has 11 heteroatoms. The van der Waals surface area contributed by atoms with Crippen molar-refractivity contribution in [2.24, 2.45) is 0 Å². The van der Waals surface area contributed by atoms with Crippen LogP contribution in [0.3, 0.4) is 0 Å². The summed E-state index contributed by atoms with van der Waals surface area (Å²) in [5.41, 5.74) is -0.741. The van der Waals surface area contributed by atoms with Crippen LogP contribution in [0.2, 0.25) is 0 Å². The lowest BCUT2D eigenvalue weighted by Crippen LogP contribution is -2.25. The number of benzene rings is 2. The van der Waals surface area contributed by atoms with Gasteiger partial charge in [-0.3, -0.25) is 10.1 Å². The van der Waals surface area contributed by atoms with E-state index >= 15 is 0 Å². The average Bonchev–Trinajstić information content (AvgIpc) is 3.08. The van der Waals surface area contributed by atoms with E-state index in [0.29, 0.717) is 6.07 Å². The molecule has 0 spiro atoms. The second kappa shape index (κ2) is 5.56. The predicted octanol–water partition coefficient (Wildman–Crippen LogP) is 4.16. The highest BCUT2D eigenvalue weighted by atomic mass is 19.4. The number of amides is 1. The summed E-state index contributed by atoms with van der Waals surface area (Å²) in [7, 11) is 0. The van der Waals surface area contributed by atoms with Crippen LogP contribution >= 0.6 is 0 Å². The van der Waals surface area contributed by atoms with Gasteiger partial charge in [0.05, 0.1) is 16.6 Å². The monoisotopic (exact) mass is 385 g/mol. The van der Waals surface area contributed by atoms with Crippen LogP contribution in [0.5, 0.6) is 11.5 Å². The number of carbonyl (C=O) groups is 1. The molecule has 1 aliphatic rings. The molecule has 2 N–H and O–H groups in total. The molecule has 1 aliphatic heterocycles. The first-order chi connectivity index (χ1) is 12.6. The second-order valence-corrected chi connectivity index (χ2v) is 5.60. The third-order valence-electron chi connectivity index (χ3n) is 3.69. The van der Waals surface area contributed by atoms with Gasteiger partial charge < -0.3 is 14.5 Å². The molecule has 0 atom stereocenters. The molecule has 2 aromatic carbocycles. The van der Waals surface area contributed by atoms with Crippen molar-refractivity contribution in [2.75, 3.05) is 5.32 Å². The van der Waals surface area contributed by atoms with E-state index in [0.717, 1.165) is 12.1 Å². The highest BCUT2D eigenvalue weighted by Gasteiger charge is 2.43. The van der Waals surface area contributed by atoms with Gasteiger partial charge in [0.2, 0.25) is 5.95 Å². The van der Waals surface area contributed by atoms with Crippen LogP contribution in [-0.2, 0) is 6.18 Å². The van der Waals surface area contributed by atoms with Crippen molar-refractivity contribution in [2.45, 2.75) is 12.5 Å². The van der Waals surface area contributed by atoms with Gasteiger partial charge in [-0.1, -0.05) is 6.07 Å². The quantitative estimate of drug-likeness (QED) is 0.650. The summed E-state index contributed by atoms with van der Waals surface area (Å²) in [5, 5.41) is 2.31. The number of carbonyl (C=O) groups excluding carboxylic acids is 1. The molecule has 140 valence electrons. The highest BCUT2D eigenvalue weighted by Crippen LogP contribution is 2.42. The van der Waals surface area contributed by atoms with Gasteiger partial charge in [-0.05, 0) is 18.2 Å². The molecule has 0 aliphatic carbocycles. The molecule has 6 nitrogen and oxygen atoms in total. The number of aromatic amines is 1. The second-order valence-electron chi connectivity index (χ2n) is 5.60. The fourth-order valence-corrected chi connectivity index (χ4v) is 2.53. The molecule has 0 saturated carbocycles. The number of halogens is 5. The number of hydrogen-bond acceptors (Lipinski definition) is 4. The number of rotatable bonds is 2. The van der Waals surface area contributed by atoms with E-state index < -0.39 is 23.9 Å². The summed E-state index contributed by atoms with van der Waals surface area (Å²) in [4.78, 5) is 18.8. The molecule has 1 amide bonds. The minimum Gasteiger partial charge on any atom is -0.395 e. The first-order valence-electron chi connectivity index (χ1n) is 7.39. The molecular weight excluding hydrogens is 377 g/mol. The number of ether oxygens (including phenoxy) is 2. The van der Waals surface area contributed by atoms with Gasteiger partial charge >= 0.3 is 12.5 Å². The largest absolute Gasteiger partial charge is 0.586 e. The van der Waals surface area contributed by atoms with E-state index in [1.165, 1.54) is 18.2 Å². The fourth-order valence-electron chi connectivity index (χ4n) is 2.53. The lowest BCUT2D eigenvalue weighted by atomic mass is 10.1. The van der Waals surface area contributed by atoms with Crippen molar-refractivity contribution >= 4 is 22.9 Å². The summed E-state index contributed by atoms with van der Waals surface area (Å²) in [6.07, 6.45) is -8.36. The smallest absolute Gasteiger partial charge is 0.395 e. The lowest BCUT2D eigenvalue weighted by molar-refractivity contribution is -0.286. The minimum absolute atomic E-state index is 0.0807. The molecule has 1 aromatic heterocycles. The van der Waals surface area contributed by atoms with Gasteiger partial charge in [0.25, 0.3) is 5.91 Å². The van der Waals surface area contributed by atoms with Crippen molar-refractivity contribution < 1.29 is 36.2 Å². The summed E-state index contributed by atoms with van der Waals surface area (Å²) in [5.74, 6) is -1.35. The molecule has 4 rings (SSSR count). The van der Waals surface area contributed by atoms with E-state index in [-0.39, 0.29) is 34.0 Å². The van der Waals surface area contributed by atoms with Gasteiger partial charge in [0.1, 0.15) is 0 Å². The number of alkyl halides is 5. The van der Waals surface area contributed by atoms with Crippen LogP contribution in [0, 0.1) is 0 Å². The third-order valence-corrected chi connectivity index (χ3v) is 3.69. The van der Waals surface area contributed by atoms with E-state index in [9.17, 15) is 26.7 Å². The molecule has 0 fully saturated rings. The predicted molar refractivity (Wildman–Crippen MR) is 81.7 cm³/mol. The van der Waals surface area contributed by atoms with Crippen molar-refractivity contribution in [3.8, 4) is 11.5 Å². The summed E-state index contributed by atoms with van der Waals surface area (Å²) < 4.78 is 72.9. The van der Waals surface area contributed by atoms with Gasteiger partial charge in [-0.25, -0.2) is 4.98 Å². The first-order valence-corrected chi connectivity index (χ1v) is 7.39. The number of nitrogens with zero attached hydrogens (tertiary/aromatic N) is 1. The number of aromatic nitrogens is 2. The number of anilines is 1. The SMILES string of the molecule is O=C(Nc1nc2cc3c(cc2[nH]1)OC(F)(F)O3)c1cccc(C(F)(F)F)c1. The molecule has 0 unspecified atom stereocenters. The van der Waals surface area contributed by atoms with Crippen molar-refractivity contribution in [3.63, 3.8) is 0 Å². The minimum atomic E-state index is -4.59. The summed E-state index contributed by atoms with van der Waals surface area (Å²) in [6.45, 7) is 0. The van der Waals surface area contributed by atoms with Crippen LogP contribution in [-0.4, -0.2) is 22.2 Å².